The van der Waals surface area contributed by atoms with Crippen molar-refractivity contribution < 1.29 is 22.7 Å². The van der Waals surface area contributed by atoms with Crippen LogP contribution in [-0.2, 0) is 9.84 Å². The van der Waals surface area contributed by atoms with Crippen LogP contribution in [0.4, 0.5) is 5.69 Å². The van der Waals surface area contributed by atoms with E-state index in [0.717, 1.165) is 12.0 Å². The van der Waals surface area contributed by atoms with Crippen LogP contribution in [0.15, 0.2) is 83.8 Å². The summed E-state index contributed by atoms with van der Waals surface area (Å²) in [4.78, 5) is 12.6. The Balaban J connectivity index is 1.45. The van der Waals surface area contributed by atoms with Gasteiger partial charge in [0, 0.05) is 17.5 Å². The van der Waals surface area contributed by atoms with Gasteiger partial charge in [0.25, 0.3) is 5.91 Å². The molecule has 32 heavy (non-hydrogen) atoms. The minimum atomic E-state index is -3.27. The van der Waals surface area contributed by atoms with Crippen molar-refractivity contribution in [2.75, 3.05) is 24.8 Å². The summed E-state index contributed by atoms with van der Waals surface area (Å²) in [6.45, 7) is 0.768. The maximum absolute atomic E-state index is 12.4. The van der Waals surface area contributed by atoms with Crippen molar-refractivity contribution in [2.24, 2.45) is 0 Å². The Kier molecular flexibility index (Phi) is 7.80. The van der Waals surface area contributed by atoms with E-state index in [1.807, 2.05) is 30.3 Å². The molecule has 0 aromatic heterocycles. The molecule has 0 saturated heterocycles. The average molecular weight is 471 g/mol. The number of thiocarbonyl (C=S) groups is 1. The van der Waals surface area contributed by atoms with Crippen LogP contribution in [0.1, 0.15) is 10.4 Å². The van der Waals surface area contributed by atoms with Crippen molar-refractivity contribution in [3.8, 4) is 11.5 Å². The third-order valence-electron chi connectivity index (χ3n) is 4.25. The molecule has 3 rings (SSSR count). The summed E-state index contributed by atoms with van der Waals surface area (Å²) in [5, 5.41) is 5.53. The van der Waals surface area contributed by atoms with Crippen molar-refractivity contribution in [1.29, 1.82) is 0 Å². The number of para-hydroxylation sites is 1. The number of hydrogen-bond donors (Lipinski definition) is 2. The van der Waals surface area contributed by atoms with Gasteiger partial charge in [-0.3, -0.25) is 10.1 Å². The van der Waals surface area contributed by atoms with Crippen LogP contribution in [0.25, 0.3) is 0 Å². The van der Waals surface area contributed by atoms with E-state index in [0.29, 0.717) is 30.2 Å². The van der Waals surface area contributed by atoms with Gasteiger partial charge in [0.2, 0.25) is 0 Å². The van der Waals surface area contributed by atoms with Crippen molar-refractivity contribution >= 4 is 38.8 Å². The molecule has 1 amide bonds. The second-order valence-corrected chi connectivity index (χ2v) is 9.16. The molecule has 0 spiro atoms. The number of carbonyl (C=O) groups excluding carboxylic acids is 1. The molecule has 7 nitrogen and oxygen atoms in total. The van der Waals surface area contributed by atoms with Gasteiger partial charge in [-0.1, -0.05) is 18.2 Å². The minimum Gasteiger partial charge on any atom is -0.490 e. The van der Waals surface area contributed by atoms with E-state index in [1.54, 1.807) is 36.4 Å². The maximum atomic E-state index is 12.4. The number of carbonyl (C=O) groups is 1. The number of ether oxygens (including phenoxy) is 2. The topological polar surface area (TPSA) is 93.7 Å². The summed E-state index contributed by atoms with van der Waals surface area (Å²) in [7, 11) is -3.27. The quantitative estimate of drug-likeness (QED) is 0.383. The number of sulfone groups is 1. The van der Waals surface area contributed by atoms with Gasteiger partial charge in [0.05, 0.1) is 4.90 Å². The predicted octanol–water partition coefficient (Wildman–Crippen LogP) is 3.67. The lowest BCUT2D eigenvalue weighted by Gasteiger charge is -2.11. The fraction of sp³-hybridized carbons (Fsp3) is 0.130. The Morgan fingerprint density at radius 3 is 1.97 bits per heavy atom. The fourth-order valence-corrected chi connectivity index (χ4v) is 3.50. The Hall–Kier alpha value is -3.43. The number of hydrogen-bond acceptors (Lipinski definition) is 6. The van der Waals surface area contributed by atoms with Crippen molar-refractivity contribution in [2.45, 2.75) is 4.90 Å². The van der Waals surface area contributed by atoms with Gasteiger partial charge in [-0.2, -0.15) is 0 Å². The highest BCUT2D eigenvalue weighted by atomic mass is 32.2. The molecule has 0 fully saturated rings. The van der Waals surface area contributed by atoms with Crippen LogP contribution >= 0.6 is 12.2 Å². The smallest absolute Gasteiger partial charge is 0.257 e. The number of rotatable bonds is 8. The first-order valence-electron chi connectivity index (χ1n) is 9.64. The Morgan fingerprint density at radius 1 is 0.844 bits per heavy atom. The van der Waals surface area contributed by atoms with E-state index in [9.17, 15) is 13.2 Å². The lowest BCUT2D eigenvalue weighted by atomic mass is 10.2. The third-order valence-corrected chi connectivity index (χ3v) is 5.58. The van der Waals surface area contributed by atoms with E-state index in [2.05, 4.69) is 10.6 Å². The molecule has 9 heteroatoms. The van der Waals surface area contributed by atoms with Crippen LogP contribution in [0.5, 0.6) is 11.5 Å². The first-order valence-corrected chi connectivity index (χ1v) is 11.9. The Morgan fingerprint density at radius 2 is 1.41 bits per heavy atom. The van der Waals surface area contributed by atoms with Gasteiger partial charge >= 0.3 is 0 Å². The summed E-state index contributed by atoms with van der Waals surface area (Å²) in [6, 6.07) is 22.2. The molecule has 0 radical (unpaired) electrons. The molecule has 0 aliphatic carbocycles. The van der Waals surface area contributed by atoms with Gasteiger partial charge in [-0.25, -0.2) is 8.42 Å². The lowest BCUT2D eigenvalue weighted by molar-refractivity contribution is 0.0977. The van der Waals surface area contributed by atoms with Gasteiger partial charge in [-0.05, 0) is 72.9 Å². The molecule has 3 aromatic rings. The van der Waals surface area contributed by atoms with E-state index in [4.69, 9.17) is 21.7 Å². The zero-order valence-electron chi connectivity index (χ0n) is 17.3. The average Bonchev–Trinajstić information content (AvgIpc) is 2.77. The van der Waals surface area contributed by atoms with Crippen LogP contribution < -0.4 is 20.1 Å². The van der Waals surface area contributed by atoms with Crippen molar-refractivity contribution in [3.05, 3.63) is 84.4 Å². The number of nitrogens with one attached hydrogen (secondary N) is 2. The number of amides is 1. The number of benzene rings is 3. The maximum Gasteiger partial charge on any atom is 0.257 e. The molecule has 0 bridgehead atoms. The highest BCUT2D eigenvalue weighted by molar-refractivity contribution is 7.90. The largest absolute Gasteiger partial charge is 0.490 e. The molecular formula is C23H22N2O5S2. The van der Waals surface area contributed by atoms with E-state index < -0.39 is 9.84 Å². The normalized spacial score (nSPS) is 10.8. The standard InChI is InChI=1S/C23H22N2O5S2/c1-32(27,28)21-13-9-18(10-14-21)24-23(31)25-22(26)17-7-11-20(12-8-17)30-16-15-29-19-5-3-2-4-6-19/h2-14H,15-16H2,1H3,(H2,24,25,26,31). The first-order chi connectivity index (χ1) is 15.3. The minimum absolute atomic E-state index is 0.0977. The summed E-state index contributed by atoms with van der Waals surface area (Å²) in [6.07, 6.45) is 1.13. The zero-order valence-corrected chi connectivity index (χ0v) is 18.9. The molecule has 2 N–H and O–H groups in total. The van der Waals surface area contributed by atoms with Crippen LogP contribution in [0.3, 0.4) is 0 Å². The zero-order chi connectivity index (χ0) is 23.0. The molecule has 166 valence electrons. The monoisotopic (exact) mass is 470 g/mol. The second-order valence-electron chi connectivity index (χ2n) is 6.74. The van der Waals surface area contributed by atoms with Gasteiger partial charge in [-0.15, -0.1) is 0 Å². The van der Waals surface area contributed by atoms with E-state index >= 15 is 0 Å². The van der Waals surface area contributed by atoms with Crippen LogP contribution in [0.2, 0.25) is 0 Å². The summed E-state index contributed by atoms with van der Waals surface area (Å²) >= 11 is 5.16. The lowest BCUT2D eigenvalue weighted by Crippen LogP contribution is -2.34. The van der Waals surface area contributed by atoms with Gasteiger partial charge in [0.1, 0.15) is 24.7 Å². The summed E-state index contributed by atoms with van der Waals surface area (Å²) in [5.41, 5.74) is 0.971. The molecule has 0 atom stereocenters. The van der Waals surface area contributed by atoms with Gasteiger partial charge < -0.3 is 14.8 Å². The van der Waals surface area contributed by atoms with Crippen LogP contribution in [0, 0.1) is 0 Å². The molecule has 0 heterocycles. The van der Waals surface area contributed by atoms with Crippen LogP contribution in [-0.4, -0.2) is 38.9 Å². The highest BCUT2D eigenvalue weighted by Crippen LogP contribution is 2.15. The molecule has 0 aliphatic rings. The fourth-order valence-electron chi connectivity index (χ4n) is 2.66. The highest BCUT2D eigenvalue weighted by Gasteiger charge is 2.10. The molecule has 0 aliphatic heterocycles. The third kappa shape index (κ3) is 7.07. The Labute approximate surface area is 192 Å². The van der Waals surface area contributed by atoms with E-state index in [1.165, 1.54) is 12.1 Å². The van der Waals surface area contributed by atoms with E-state index in [-0.39, 0.29) is 15.9 Å². The molecular weight excluding hydrogens is 448 g/mol. The second kappa shape index (κ2) is 10.7. The molecule has 0 saturated carbocycles. The summed E-state index contributed by atoms with van der Waals surface area (Å²) < 4.78 is 34.2. The van der Waals surface area contributed by atoms with Gasteiger partial charge in [0.15, 0.2) is 14.9 Å². The molecule has 0 unspecified atom stereocenters. The van der Waals surface area contributed by atoms with Crippen molar-refractivity contribution in [3.63, 3.8) is 0 Å². The summed E-state index contributed by atoms with van der Waals surface area (Å²) in [5.74, 6) is 1.01. The predicted molar refractivity (Wildman–Crippen MR) is 127 cm³/mol. The number of anilines is 1. The SMILES string of the molecule is CS(=O)(=O)c1ccc(NC(=S)NC(=O)c2ccc(OCCOc3ccccc3)cc2)cc1. The Bertz CT molecular complexity index is 1160. The molecule has 3 aromatic carbocycles. The van der Waals surface area contributed by atoms with Crippen molar-refractivity contribution in [1.82, 2.24) is 5.32 Å². The first kappa shape index (κ1) is 23.2.